The molecule has 2 saturated carbocycles. The molecule has 2 aliphatic carbocycles. The van der Waals surface area contributed by atoms with E-state index in [1.165, 1.54) is 32.1 Å². The van der Waals surface area contributed by atoms with Gasteiger partial charge >= 0.3 is 0 Å². The zero-order chi connectivity index (χ0) is 11.7. The minimum Gasteiger partial charge on any atom is -0.356 e. The molecule has 3 aliphatic rings. The SMILES string of the molecule is Cl.O=C(NCCC1CCNC1)C(C1CC1)C1CC1. The largest absolute Gasteiger partial charge is 0.356 e. The Hall–Kier alpha value is -0.280. The lowest BCUT2D eigenvalue weighted by Crippen LogP contribution is -2.34. The van der Waals surface area contributed by atoms with Gasteiger partial charge in [-0.15, -0.1) is 12.4 Å². The van der Waals surface area contributed by atoms with E-state index in [1.54, 1.807) is 0 Å². The fraction of sp³-hybridized carbons (Fsp3) is 0.929. The molecule has 1 heterocycles. The van der Waals surface area contributed by atoms with E-state index in [-0.39, 0.29) is 12.4 Å². The van der Waals surface area contributed by atoms with Crippen molar-refractivity contribution >= 4 is 18.3 Å². The van der Waals surface area contributed by atoms with E-state index in [0.717, 1.165) is 43.8 Å². The van der Waals surface area contributed by atoms with Crippen LogP contribution >= 0.6 is 12.4 Å². The smallest absolute Gasteiger partial charge is 0.223 e. The zero-order valence-corrected chi connectivity index (χ0v) is 11.8. The summed E-state index contributed by atoms with van der Waals surface area (Å²) in [7, 11) is 0. The first-order chi connectivity index (χ1) is 8.34. The Kier molecular flexibility index (Phi) is 4.91. The van der Waals surface area contributed by atoms with Gasteiger partial charge in [-0.25, -0.2) is 0 Å². The third-order valence-corrected chi connectivity index (χ3v) is 4.58. The van der Waals surface area contributed by atoms with Gasteiger partial charge in [0.05, 0.1) is 0 Å². The molecule has 3 nitrogen and oxygen atoms in total. The van der Waals surface area contributed by atoms with E-state index >= 15 is 0 Å². The number of nitrogens with one attached hydrogen (secondary N) is 2. The van der Waals surface area contributed by atoms with Gasteiger partial charge in [-0.05, 0) is 69.4 Å². The van der Waals surface area contributed by atoms with Crippen molar-refractivity contribution in [1.29, 1.82) is 0 Å². The van der Waals surface area contributed by atoms with Crippen molar-refractivity contribution < 1.29 is 4.79 Å². The lowest BCUT2D eigenvalue weighted by atomic mass is 9.96. The van der Waals surface area contributed by atoms with E-state index in [4.69, 9.17) is 0 Å². The van der Waals surface area contributed by atoms with E-state index in [9.17, 15) is 4.79 Å². The predicted octanol–water partition coefficient (Wildman–Crippen LogP) is 1.96. The number of halogens is 1. The minimum absolute atomic E-state index is 0. The van der Waals surface area contributed by atoms with Crippen LogP contribution < -0.4 is 10.6 Å². The highest BCUT2D eigenvalue weighted by molar-refractivity contribution is 5.85. The zero-order valence-electron chi connectivity index (χ0n) is 11.0. The Morgan fingerprint density at radius 1 is 1.17 bits per heavy atom. The maximum atomic E-state index is 12.2. The molecule has 1 amide bonds. The maximum absolute atomic E-state index is 12.2. The lowest BCUT2D eigenvalue weighted by molar-refractivity contribution is -0.126. The molecule has 104 valence electrons. The second-order valence-electron chi connectivity index (χ2n) is 6.14. The third kappa shape index (κ3) is 3.61. The molecule has 18 heavy (non-hydrogen) atoms. The number of rotatable bonds is 6. The van der Waals surface area contributed by atoms with Crippen molar-refractivity contribution in [2.75, 3.05) is 19.6 Å². The summed E-state index contributed by atoms with van der Waals surface area (Å²) >= 11 is 0. The average molecular weight is 273 g/mol. The summed E-state index contributed by atoms with van der Waals surface area (Å²) in [4.78, 5) is 12.2. The van der Waals surface area contributed by atoms with Gasteiger partial charge in [0.25, 0.3) is 0 Å². The highest BCUT2D eigenvalue weighted by atomic mass is 35.5. The molecule has 3 fully saturated rings. The fourth-order valence-corrected chi connectivity index (χ4v) is 3.20. The molecule has 4 heteroatoms. The molecular formula is C14H25ClN2O. The average Bonchev–Trinajstić information content (AvgIpc) is 3.24. The van der Waals surface area contributed by atoms with Crippen molar-refractivity contribution in [3.63, 3.8) is 0 Å². The summed E-state index contributed by atoms with van der Waals surface area (Å²) in [6.07, 6.45) is 7.61. The number of amides is 1. The highest BCUT2D eigenvalue weighted by Crippen LogP contribution is 2.49. The summed E-state index contributed by atoms with van der Waals surface area (Å²) in [6, 6.07) is 0. The van der Waals surface area contributed by atoms with Gasteiger partial charge < -0.3 is 10.6 Å². The van der Waals surface area contributed by atoms with Crippen molar-refractivity contribution in [3.05, 3.63) is 0 Å². The fourth-order valence-electron chi connectivity index (χ4n) is 3.20. The van der Waals surface area contributed by atoms with E-state index in [0.29, 0.717) is 11.8 Å². The van der Waals surface area contributed by atoms with E-state index in [2.05, 4.69) is 10.6 Å². The molecule has 0 aromatic rings. The molecule has 0 aromatic heterocycles. The van der Waals surface area contributed by atoms with Crippen molar-refractivity contribution in [2.24, 2.45) is 23.7 Å². The van der Waals surface area contributed by atoms with Gasteiger partial charge in [0.2, 0.25) is 5.91 Å². The number of hydrogen-bond donors (Lipinski definition) is 2. The summed E-state index contributed by atoms with van der Waals surface area (Å²) in [5, 5.41) is 6.56. The minimum atomic E-state index is 0. The summed E-state index contributed by atoms with van der Waals surface area (Å²) in [5.74, 6) is 2.99. The van der Waals surface area contributed by atoms with Crippen molar-refractivity contribution in [1.82, 2.24) is 10.6 Å². The van der Waals surface area contributed by atoms with Crippen molar-refractivity contribution in [3.8, 4) is 0 Å². The second-order valence-corrected chi connectivity index (χ2v) is 6.14. The Labute approximate surface area is 116 Å². The molecule has 0 aromatic carbocycles. The second kappa shape index (κ2) is 6.25. The van der Waals surface area contributed by atoms with Gasteiger partial charge in [0.15, 0.2) is 0 Å². The molecule has 1 atom stereocenters. The lowest BCUT2D eigenvalue weighted by Gasteiger charge is -2.16. The molecule has 0 bridgehead atoms. The van der Waals surface area contributed by atoms with Crippen LogP contribution in [0.2, 0.25) is 0 Å². The predicted molar refractivity (Wildman–Crippen MR) is 74.8 cm³/mol. The molecule has 1 unspecified atom stereocenters. The standard InChI is InChI=1S/C14H24N2O.ClH/c17-14(13(11-1-2-11)12-3-4-12)16-8-6-10-5-7-15-9-10;/h10-13,15H,1-9H2,(H,16,17);1H. The monoisotopic (exact) mass is 272 g/mol. The first kappa shape index (κ1) is 14.1. The topological polar surface area (TPSA) is 41.1 Å². The molecule has 3 rings (SSSR count). The Bertz CT molecular complexity index is 272. The molecular weight excluding hydrogens is 248 g/mol. The molecule has 0 radical (unpaired) electrons. The van der Waals surface area contributed by atoms with E-state index < -0.39 is 0 Å². The molecule has 0 spiro atoms. The quantitative estimate of drug-likeness (QED) is 0.776. The first-order valence-electron chi connectivity index (χ1n) is 7.33. The Morgan fingerprint density at radius 2 is 1.83 bits per heavy atom. The van der Waals surface area contributed by atoms with Crippen LogP contribution in [0.1, 0.15) is 38.5 Å². The Morgan fingerprint density at radius 3 is 2.33 bits per heavy atom. The first-order valence-corrected chi connectivity index (χ1v) is 7.33. The molecule has 1 aliphatic heterocycles. The highest BCUT2D eigenvalue weighted by Gasteiger charge is 2.45. The van der Waals surface area contributed by atoms with Crippen molar-refractivity contribution in [2.45, 2.75) is 38.5 Å². The number of carbonyl (C=O) groups excluding carboxylic acids is 1. The van der Waals surface area contributed by atoms with Crippen LogP contribution in [-0.2, 0) is 4.79 Å². The maximum Gasteiger partial charge on any atom is 0.223 e. The number of hydrogen-bond acceptors (Lipinski definition) is 2. The summed E-state index contributed by atoms with van der Waals surface area (Å²) < 4.78 is 0. The molecule has 2 N–H and O–H groups in total. The van der Waals surface area contributed by atoms with Crippen LogP contribution in [-0.4, -0.2) is 25.5 Å². The molecule has 1 saturated heterocycles. The van der Waals surface area contributed by atoms with Gasteiger partial charge in [0, 0.05) is 12.5 Å². The van der Waals surface area contributed by atoms with Crippen LogP contribution in [0.25, 0.3) is 0 Å². The van der Waals surface area contributed by atoms with Gasteiger partial charge in [-0.1, -0.05) is 0 Å². The van der Waals surface area contributed by atoms with Crippen LogP contribution in [0.15, 0.2) is 0 Å². The van der Waals surface area contributed by atoms with Crippen LogP contribution in [0, 0.1) is 23.7 Å². The van der Waals surface area contributed by atoms with Gasteiger partial charge in [-0.2, -0.15) is 0 Å². The van der Waals surface area contributed by atoms with Crippen LogP contribution in [0.3, 0.4) is 0 Å². The van der Waals surface area contributed by atoms with E-state index in [1.807, 2.05) is 0 Å². The number of carbonyl (C=O) groups is 1. The summed E-state index contributed by atoms with van der Waals surface area (Å²) in [5.41, 5.74) is 0. The van der Waals surface area contributed by atoms with Crippen LogP contribution in [0.4, 0.5) is 0 Å². The van der Waals surface area contributed by atoms with Gasteiger partial charge in [0.1, 0.15) is 0 Å². The third-order valence-electron chi connectivity index (χ3n) is 4.58. The normalized spacial score (nSPS) is 27.1. The van der Waals surface area contributed by atoms with Gasteiger partial charge in [-0.3, -0.25) is 4.79 Å². The Balaban J connectivity index is 0.00000120. The van der Waals surface area contributed by atoms with Crippen LogP contribution in [0.5, 0.6) is 0 Å². The summed E-state index contributed by atoms with van der Waals surface area (Å²) in [6.45, 7) is 3.19.